The predicted octanol–water partition coefficient (Wildman–Crippen LogP) is 2.88. The second-order valence-electron chi connectivity index (χ2n) is 5.52. The molecule has 0 bridgehead atoms. The number of hydrogen-bond acceptors (Lipinski definition) is 4. The molecule has 2 aliphatic heterocycles. The Balaban J connectivity index is 1.78. The van der Waals surface area contributed by atoms with Crippen LogP contribution in [0.2, 0.25) is 0 Å². The Hall–Kier alpha value is -0.870. The van der Waals surface area contributed by atoms with Gasteiger partial charge in [0.05, 0.1) is 5.60 Å². The van der Waals surface area contributed by atoms with Gasteiger partial charge >= 0.3 is 0 Å². The van der Waals surface area contributed by atoms with Crippen molar-refractivity contribution in [3.63, 3.8) is 0 Å². The van der Waals surface area contributed by atoms with Gasteiger partial charge in [-0.2, -0.15) is 11.8 Å². The number of Topliss-reactive ketones (excluding diaryl/α,β-unsaturated/α-hetero) is 1. The van der Waals surface area contributed by atoms with Crippen LogP contribution in [0, 0.1) is 12.8 Å². The van der Waals surface area contributed by atoms with Gasteiger partial charge in [0.25, 0.3) is 0 Å². The number of ketones is 1. The van der Waals surface area contributed by atoms with Crippen LogP contribution in [0.5, 0.6) is 0 Å². The van der Waals surface area contributed by atoms with Crippen LogP contribution in [0.1, 0.15) is 35.3 Å². The van der Waals surface area contributed by atoms with Crippen LogP contribution in [-0.2, 0) is 4.74 Å². The van der Waals surface area contributed by atoms with Crippen LogP contribution in [-0.4, -0.2) is 34.5 Å². The van der Waals surface area contributed by atoms with E-state index in [0.717, 1.165) is 48.6 Å². The fourth-order valence-electron chi connectivity index (χ4n) is 3.08. The third kappa shape index (κ3) is 2.56. The molecule has 2 fully saturated rings. The van der Waals surface area contributed by atoms with Gasteiger partial charge in [0.2, 0.25) is 0 Å². The number of hydrogen-bond donors (Lipinski definition) is 0. The van der Waals surface area contributed by atoms with Gasteiger partial charge in [-0.15, -0.1) is 0 Å². The second-order valence-corrected chi connectivity index (χ2v) is 6.63. The lowest BCUT2D eigenvalue weighted by Gasteiger charge is -2.37. The molecule has 102 valence electrons. The summed E-state index contributed by atoms with van der Waals surface area (Å²) >= 11 is 1.94. The first-order valence-corrected chi connectivity index (χ1v) is 8.03. The lowest BCUT2D eigenvalue weighted by atomic mass is 9.81. The SMILES string of the molecule is Cc1ncccc1C(=O)C1CCOC2(CCSC2)C1. The number of carbonyl (C=O) groups is 1. The first kappa shape index (κ1) is 13.1. The van der Waals surface area contributed by atoms with Gasteiger partial charge in [-0.25, -0.2) is 0 Å². The molecular formula is C15H19NO2S. The highest BCUT2D eigenvalue weighted by Gasteiger charge is 2.42. The van der Waals surface area contributed by atoms with E-state index >= 15 is 0 Å². The Bertz CT molecular complexity index is 483. The molecule has 0 saturated carbocycles. The molecule has 0 amide bonds. The number of thioether (sulfide) groups is 1. The monoisotopic (exact) mass is 277 g/mol. The molecule has 3 heterocycles. The number of ether oxygens (including phenoxy) is 1. The van der Waals surface area contributed by atoms with Crippen LogP contribution in [0.25, 0.3) is 0 Å². The summed E-state index contributed by atoms with van der Waals surface area (Å²) in [6.45, 7) is 2.63. The van der Waals surface area contributed by atoms with Gasteiger partial charge in [-0.05, 0) is 44.1 Å². The number of aryl methyl sites for hydroxylation is 1. The molecule has 3 nitrogen and oxygen atoms in total. The Kier molecular flexibility index (Phi) is 3.63. The topological polar surface area (TPSA) is 39.2 Å². The number of aromatic nitrogens is 1. The molecule has 3 rings (SSSR count). The van der Waals surface area contributed by atoms with Crippen molar-refractivity contribution in [3.8, 4) is 0 Å². The van der Waals surface area contributed by atoms with E-state index in [0.29, 0.717) is 0 Å². The molecule has 0 radical (unpaired) electrons. The molecule has 1 aromatic heterocycles. The summed E-state index contributed by atoms with van der Waals surface area (Å²) < 4.78 is 5.98. The average molecular weight is 277 g/mol. The average Bonchev–Trinajstić information content (AvgIpc) is 2.86. The zero-order valence-corrected chi connectivity index (χ0v) is 12.0. The lowest BCUT2D eigenvalue weighted by molar-refractivity contribution is -0.0734. The molecule has 2 saturated heterocycles. The minimum absolute atomic E-state index is 0.0284. The molecule has 0 N–H and O–H groups in total. The summed E-state index contributed by atoms with van der Waals surface area (Å²) in [5.74, 6) is 2.57. The van der Waals surface area contributed by atoms with Gasteiger partial charge in [0, 0.05) is 35.7 Å². The number of nitrogens with zero attached hydrogens (tertiary/aromatic N) is 1. The van der Waals surface area contributed by atoms with Gasteiger partial charge in [0.15, 0.2) is 5.78 Å². The van der Waals surface area contributed by atoms with Gasteiger partial charge in [0.1, 0.15) is 0 Å². The molecule has 1 aromatic rings. The van der Waals surface area contributed by atoms with Crippen molar-refractivity contribution in [1.29, 1.82) is 0 Å². The number of rotatable bonds is 2. The van der Waals surface area contributed by atoms with E-state index in [9.17, 15) is 4.79 Å². The molecule has 2 unspecified atom stereocenters. The van der Waals surface area contributed by atoms with Crippen molar-refractivity contribution in [3.05, 3.63) is 29.6 Å². The third-order valence-electron chi connectivity index (χ3n) is 4.20. The summed E-state index contributed by atoms with van der Waals surface area (Å²) in [7, 11) is 0. The Morgan fingerprint density at radius 2 is 2.47 bits per heavy atom. The summed E-state index contributed by atoms with van der Waals surface area (Å²) in [5.41, 5.74) is 1.60. The Morgan fingerprint density at radius 1 is 1.58 bits per heavy atom. The maximum Gasteiger partial charge on any atom is 0.167 e. The fraction of sp³-hybridized carbons (Fsp3) is 0.600. The minimum atomic E-state index is -0.0284. The first-order valence-electron chi connectivity index (χ1n) is 6.88. The van der Waals surface area contributed by atoms with Gasteiger partial charge in [-0.1, -0.05) is 0 Å². The van der Waals surface area contributed by atoms with Crippen molar-refractivity contribution >= 4 is 17.5 Å². The van der Waals surface area contributed by atoms with Crippen molar-refractivity contribution in [2.24, 2.45) is 5.92 Å². The van der Waals surface area contributed by atoms with Crippen LogP contribution in [0.15, 0.2) is 18.3 Å². The maximum atomic E-state index is 12.7. The predicted molar refractivity (Wildman–Crippen MR) is 76.7 cm³/mol. The van der Waals surface area contributed by atoms with Crippen molar-refractivity contribution in [1.82, 2.24) is 4.98 Å². The lowest BCUT2D eigenvalue weighted by Crippen LogP contribution is -2.42. The van der Waals surface area contributed by atoms with E-state index < -0.39 is 0 Å². The Morgan fingerprint density at radius 3 is 3.21 bits per heavy atom. The minimum Gasteiger partial charge on any atom is -0.374 e. The van der Waals surface area contributed by atoms with Crippen LogP contribution in [0.4, 0.5) is 0 Å². The van der Waals surface area contributed by atoms with Crippen LogP contribution >= 0.6 is 11.8 Å². The number of carbonyl (C=O) groups excluding carboxylic acids is 1. The van der Waals surface area contributed by atoms with Gasteiger partial charge < -0.3 is 4.74 Å². The van der Waals surface area contributed by atoms with Crippen molar-refractivity contribution in [2.45, 2.75) is 31.8 Å². The standard InChI is InChI=1S/C15H19NO2S/c1-11-13(3-2-6-16-11)14(17)12-4-7-18-15(9-12)5-8-19-10-15/h2-3,6,12H,4-5,7-10H2,1H3. The molecule has 4 heteroatoms. The van der Waals surface area contributed by atoms with Gasteiger partial charge in [-0.3, -0.25) is 9.78 Å². The van der Waals surface area contributed by atoms with E-state index in [2.05, 4.69) is 4.98 Å². The first-order chi connectivity index (χ1) is 9.20. The fourth-order valence-corrected chi connectivity index (χ4v) is 4.46. The highest BCUT2D eigenvalue weighted by Crippen LogP contribution is 2.41. The molecule has 19 heavy (non-hydrogen) atoms. The zero-order valence-electron chi connectivity index (χ0n) is 11.2. The second kappa shape index (κ2) is 5.25. The third-order valence-corrected chi connectivity index (χ3v) is 5.43. The Labute approximate surface area is 118 Å². The summed E-state index contributed by atoms with van der Waals surface area (Å²) in [4.78, 5) is 16.9. The van der Waals surface area contributed by atoms with E-state index in [1.54, 1.807) is 6.20 Å². The van der Waals surface area contributed by atoms with E-state index in [4.69, 9.17) is 4.74 Å². The zero-order chi connectivity index (χ0) is 13.3. The van der Waals surface area contributed by atoms with E-state index in [1.807, 2.05) is 30.8 Å². The molecule has 0 aliphatic carbocycles. The summed E-state index contributed by atoms with van der Waals surface area (Å²) in [6, 6.07) is 3.75. The molecule has 2 aliphatic rings. The summed E-state index contributed by atoms with van der Waals surface area (Å²) in [5, 5.41) is 0. The molecule has 2 atom stereocenters. The highest BCUT2D eigenvalue weighted by atomic mass is 32.2. The quantitative estimate of drug-likeness (QED) is 0.779. The number of pyridine rings is 1. The van der Waals surface area contributed by atoms with E-state index in [1.165, 1.54) is 0 Å². The molecule has 1 spiro atoms. The maximum absolute atomic E-state index is 12.7. The van der Waals surface area contributed by atoms with Crippen LogP contribution in [0.3, 0.4) is 0 Å². The van der Waals surface area contributed by atoms with Crippen molar-refractivity contribution in [2.75, 3.05) is 18.1 Å². The smallest absolute Gasteiger partial charge is 0.167 e. The van der Waals surface area contributed by atoms with Crippen molar-refractivity contribution < 1.29 is 9.53 Å². The summed E-state index contributed by atoms with van der Waals surface area (Å²) in [6.07, 6.45) is 4.56. The molecule has 0 aromatic carbocycles. The highest BCUT2D eigenvalue weighted by molar-refractivity contribution is 7.99. The van der Waals surface area contributed by atoms with E-state index in [-0.39, 0.29) is 17.3 Å². The normalized spacial score (nSPS) is 30.7. The largest absolute Gasteiger partial charge is 0.374 e. The van der Waals surface area contributed by atoms with Crippen LogP contribution < -0.4 is 0 Å². The molecular weight excluding hydrogens is 258 g/mol.